The normalized spacial score (nSPS) is 11.6. The molecule has 0 spiro atoms. The molecule has 0 aliphatic carbocycles. The summed E-state index contributed by atoms with van der Waals surface area (Å²) in [5, 5.41) is 21.8. The fraction of sp³-hybridized carbons (Fsp3) is 0.333. The number of nitrogens with zero attached hydrogens (tertiary/aromatic N) is 2. The maximum atomic E-state index is 11.3. The Balaban J connectivity index is 2.37. The van der Waals surface area contributed by atoms with Gasteiger partial charge in [-0.05, 0) is 6.07 Å². The fourth-order valence-electron chi connectivity index (χ4n) is 0.988. The van der Waals surface area contributed by atoms with Gasteiger partial charge in [0.2, 0.25) is 0 Å². The number of urea groups is 1. The molecule has 1 rings (SSSR count). The minimum Gasteiger partial charge on any atom is -0.480 e. The van der Waals surface area contributed by atoms with Crippen LogP contribution in [0.2, 0.25) is 0 Å². The van der Waals surface area contributed by atoms with Crippen molar-refractivity contribution in [3.8, 4) is 0 Å². The number of carbonyl (C=O) groups excluding carboxylic acids is 1. The Bertz CT molecular complexity index is 384. The van der Waals surface area contributed by atoms with Gasteiger partial charge in [0.25, 0.3) is 0 Å². The van der Waals surface area contributed by atoms with Gasteiger partial charge >= 0.3 is 12.0 Å². The number of aliphatic hydroxyl groups is 1. The molecule has 1 aromatic rings. The van der Waals surface area contributed by atoms with Crippen molar-refractivity contribution in [3.05, 3.63) is 24.3 Å². The predicted molar refractivity (Wildman–Crippen MR) is 55.9 cm³/mol. The first kappa shape index (κ1) is 12.8. The first-order chi connectivity index (χ1) is 8.13. The van der Waals surface area contributed by atoms with Crippen LogP contribution in [-0.4, -0.2) is 44.8 Å². The summed E-state index contributed by atoms with van der Waals surface area (Å²) in [6.07, 6.45) is 2.86. The molecule has 0 aliphatic rings. The Kier molecular flexibility index (Phi) is 4.82. The molecule has 8 nitrogen and oxygen atoms in total. The van der Waals surface area contributed by atoms with E-state index in [4.69, 9.17) is 10.2 Å². The molecule has 1 aromatic heterocycles. The standard InChI is InChI=1S/C9H12N4O4/c14-4-7(8(15)16)13-9(17)11-3-6-1-2-10-5-12-6/h1-2,5,7,14H,3-4H2,(H,15,16)(H2,11,13,17)/t7-/m1/s1. The van der Waals surface area contributed by atoms with Gasteiger partial charge in [-0.2, -0.15) is 0 Å². The second-order valence-corrected chi connectivity index (χ2v) is 3.10. The molecule has 0 fully saturated rings. The van der Waals surface area contributed by atoms with Gasteiger partial charge in [-0.25, -0.2) is 19.6 Å². The highest BCUT2D eigenvalue weighted by molar-refractivity contribution is 5.82. The van der Waals surface area contributed by atoms with E-state index in [0.29, 0.717) is 5.69 Å². The third kappa shape index (κ3) is 4.43. The van der Waals surface area contributed by atoms with Crippen LogP contribution >= 0.6 is 0 Å². The predicted octanol–water partition coefficient (Wildman–Crippen LogP) is -1.28. The van der Waals surface area contributed by atoms with Crippen molar-refractivity contribution in [3.63, 3.8) is 0 Å². The highest BCUT2D eigenvalue weighted by atomic mass is 16.4. The highest BCUT2D eigenvalue weighted by Crippen LogP contribution is 1.89. The van der Waals surface area contributed by atoms with E-state index in [-0.39, 0.29) is 6.54 Å². The molecule has 1 heterocycles. The molecule has 2 amide bonds. The molecule has 0 bridgehead atoms. The van der Waals surface area contributed by atoms with Crippen molar-refractivity contribution >= 4 is 12.0 Å². The number of hydrogen-bond donors (Lipinski definition) is 4. The van der Waals surface area contributed by atoms with Gasteiger partial charge in [-0.15, -0.1) is 0 Å². The summed E-state index contributed by atoms with van der Waals surface area (Å²) in [6, 6.07) is -0.397. The Hall–Kier alpha value is -2.22. The lowest BCUT2D eigenvalue weighted by molar-refractivity contribution is -0.140. The summed E-state index contributed by atoms with van der Waals surface area (Å²) in [4.78, 5) is 29.3. The van der Waals surface area contributed by atoms with Gasteiger partial charge in [0.15, 0.2) is 6.04 Å². The average Bonchev–Trinajstić information content (AvgIpc) is 2.34. The zero-order chi connectivity index (χ0) is 12.7. The fourth-order valence-corrected chi connectivity index (χ4v) is 0.988. The lowest BCUT2D eigenvalue weighted by Gasteiger charge is -2.12. The van der Waals surface area contributed by atoms with Crippen LogP contribution in [0.5, 0.6) is 0 Å². The number of nitrogens with one attached hydrogen (secondary N) is 2. The zero-order valence-corrected chi connectivity index (χ0v) is 8.83. The van der Waals surface area contributed by atoms with Gasteiger partial charge in [-0.1, -0.05) is 0 Å². The van der Waals surface area contributed by atoms with E-state index in [2.05, 4.69) is 20.6 Å². The van der Waals surface area contributed by atoms with Crippen molar-refractivity contribution in [2.45, 2.75) is 12.6 Å². The number of carbonyl (C=O) groups is 2. The second-order valence-electron chi connectivity index (χ2n) is 3.10. The number of aliphatic carboxylic acids is 1. The van der Waals surface area contributed by atoms with Gasteiger partial charge in [0, 0.05) is 6.20 Å². The van der Waals surface area contributed by atoms with Gasteiger partial charge in [0.1, 0.15) is 6.33 Å². The number of aliphatic hydroxyl groups excluding tert-OH is 1. The number of carboxylic acid groups (broad SMARTS) is 1. The first-order valence-electron chi connectivity index (χ1n) is 4.76. The number of carboxylic acids is 1. The SMILES string of the molecule is O=C(NCc1ccncn1)N[C@H](CO)C(=O)O. The lowest BCUT2D eigenvalue weighted by atomic mass is 10.3. The molecule has 0 saturated carbocycles. The van der Waals surface area contributed by atoms with E-state index in [1.54, 1.807) is 6.07 Å². The lowest BCUT2D eigenvalue weighted by Crippen LogP contribution is -2.47. The van der Waals surface area contributed by atoms with Crippen molar-refractivity contribution < 1.29 is 19.8 Å². The summed E-state index contributed by atoms with van der Waals surface area (Å²) < 4.78 is 0. The Morgan fingerprint density at radius 1 is 1.47 bits per heavy atom. The number of aromatic nitrogens is 2. The molecule has 0 aromatic carbocycles. The van der Waals surface area contributed by atoms with Gasteiger partial charge in [0.05, 0.1) is 18.8 Å². The number of rotatable bonds is 5. The van der Waals surface area contributed by atoms with Crippen LogP contribution in [0.4, 0.5) is 4.79 Å². The van der Waals surface area contributed by atoms with Crippen molar-refractivity contribution in [1.82, 2.24) is 20.6 Å². The molecule has 0 unspecified atom stereocenters. The molecule has 92 valence electrons. The first-order valence-corrected chi connectivity index (χ1v) is 4.76. The summed E-state index contributed by atoms with van der Waals surface area (Å²) in [5.41, 5.74) is 0.589. The van der Waals surface area contributed by atoms with Gasteiger partial charge < -0.3 is 20.8 Å². The van der Waals surface area contributed by atoms with Crippen LogP contribution in [0.1, 0.15) is 5.69 Å². The molecule has 8 heteroatoms. The highest BCUT2D eigenvalue weighted by Gasteiger charge is 2.18. The Morgan fingerprint density at radius 2 is 2.24 bits per heavy atom. The largest absolute Gasteiger partial charge is 0.480 e. The minimum atomic E-state index is -1.32. The third-order valence-corrected chi connectivity index (χ3v) is 1.86. The van der Waals surface area contributed by atoms with E-state index in [1.807, 2.05) is 0 Å². The summed E-state index contributed by atoms with van der Waals surface area (Å²) in [5.74, 6) is -1.30. The van der Waals surface area contributed by atoms with E-state index in [0.717, 1.165) is 0 Å². The summed E-state index contributed by atoms with van der Waals surface area (Å²) in [7, 11) is 0. The quantitative estimate of drug-likeness (QED) is 0.508. The maximum Gasteiger partial charge on any atom is 0.328 e. The summed E-state index contributed by atoms with van der Waals surface area (Å²) >= 11 is 0. The minimum absolute atomic E-state index is 0.145. The molecule has 1 atom stereocenters. The second kappa shape index (κ2) is 6.38. The Morgan fingerprint density at radius 3 is 2.76 bits per heavy atom. The van der Waals surface area contributed by atoms with Crippen LogP contribution in [-0.2, 0) is 11.3 Å². The van der Waals surface area contributed by atoms with E-state index in [9.17, 15) is 9.59 Å². The molecule has 17 heavy (non-hydrogen) atoms. The third-order valence-electron chi connectivity index (χ3n) is 1.86. The van der Waals surface area contributed by atoms with Gasteiger partial charge in [-0.3, -0.25) is 0 Å². The van der Waals surface area contributed by atoms with E-state index < -0.39 is 24.6 Å². The van der Waals surface area contributed by atoms with Crippen LogP contribution in [0.3, 0.4) is 0 Å². The van der Waals surface area contributed by atoms with Crippen LogP contribution in [0.15, 0.2) is 18.6 Å². The monoisotopic (exact) mass is 240 g/mol. The summed E-state index contributed by atoms with van der Waals surface area (Å²) in [6.45, 7) is -0.525. The Labute approximate surface area is 96.7 Å². The van der Waals surface area contributed by atoms with Crippen LogP contribution in [0, 0.1) is 0 Å². The topological polar surface area (TPSA) is 124 Å². The molecule has 0 saturated heterocycles. The molecule has 0 aliphatic heterocycles. The smallest absolute Gasteiger partial charge is 0.328 e. The number of hydrogen-bond acceptors (Lipinski definition) is 5. The molecule has 4 N–H and O–H groups in total. The molecular formula is C9H12N4O4. The number of amides is 2. The van der Waals surface area contributed by atoms with Crippen LogP contribution in [0.25, 0.3) is 0 Å². The van der Waals surface area contributed by atoms with Crippen molar-refractivity contribution in [1.29, 1.82) is 0 Å². The van der Waals surface area contributed by atoms with Crippen LogP contribution < -0.4 is 10.6 Å². The van der Waals surface area contributed by atoms with Crippen molar-refractivity contribution in [2.24, 2.45) is 0 Å². The maximum absolute atomic E-state index is 11.3. The van der Waals surface area contributed by atoms with E-state index in [1.165, 1.54) is 12.5 Å². The average molecular weight is 240 g/mol. The molecular weight excluding hydrogens is 228 g/mol. The van der Waals surface area contributed by atoms with E-state index >= 15 is 0 Å². The zero-order valence-electron chi connectivity index (χ0n) is 8.83. The molecule has 0 radical (unpaired) electrons. The van der Waals surface area contributed by atoms with Crippen molar-refractivity contribution in [2.75, 3.05) is 6.61 Å².